The molecule has 2 amide bonds. The molecular formula is C26H34N6O4. The van der Waals surface area contributed by atoms with Gasteiger partial charge in [0.2, 0.25) is 11.9 Å². The normalized spacial score (nSPS) is 18.2. The van der Waals surface area contributed by atoms with Crippen molar-refractivity contribution >= 4 is 23.8 Å². The van der Waals surface area contributed by atoms with Crippen molar-refractivity contribution in [2.45, 2.75) is 25.4 Å². The maximum atomic E-state index is 12.2. The van der Waals surface area contributed by atoms with Gasteiger partial charge in [0.05, 0.1) is 6.04 Å². The number of methoxy groups -OCH3 is 1. The van der Waals surface area contributed by atoms with Crippen LogP contribution in [0.2, 0.25) is 0 Å². The van der Waals surface area contributed by atoms with E-state index in [1.807, 2.05) is 4.90 Å². The summed E-state index contributed by atoms with van der Waals surface area (Å²) in [5.41, 5.74) is 2.47. The largest absolute Gasteiger partial charge is 0.447 e. The second kappa shape index (κ2) is 12.5. The highest BCUT2D eigenvalue weighted by Gasteiger charge is 2.35. The Morgan fingerprint density at radius 2 is 1.94 bits per heavy atom. The summed E-state index contributed by atoms with van der Waals surface area (Å²) in [6, 6.07) is 10.2. The van der Waals surface area contributed by atoms with Crippen LogP contribution in [0.15, 0.2) is 49.2 Å². The van der Waals surface area contributed by atoms with Crippen LogP contribution in [-0.4, -0.2) is 90.9 Å². The zero-order chi connectivity index (χ0) is 25.3. The molecule has 192 valence electrons. The van der Waals surface area contributed by atoms with Crippen LogP contribution in [0.25, 0.3) is 0 Å². The van der Waals surface area contributed by atoms with Gasteiger partial charge in [-0.25, -0.2) is 9.78 Å². The van der Waals surface area contributed by atoms with Gasteiger partial charge in [0.1, 0.15) is 12.4 Å². The number of cyclic esters (lactones) is 1. The number of piperazine rings is 1. The zero-order valence-electron chi connectivity index (χ0n) is 20.8. The lowest BCUT2D eigenvalue weighted by molar-refractivity contribution is -0.127. The number of rotatable bonds is 11. The Morgan fingerprint density at radius 1 is 1.19 bits per heavy atom. The van der Waals surface area contributed by atoms with Crippen molar-refractivity contribution in [3.05, 3.63) is 60.3 Å². The van der Waals surface area contributed by atoms with Crippen LogP contribution in [0.1, 0.15) is 17.5 Å². The molecule has 1 atom stereocenters. The van der Waals surface area contributed by atoms with Gasteiger partial charge in [0.25, 0.3) is 0 Å². The third-order valence-corrected chi connectivity index (χ3v) is 6.49. The zero-order valence-corrected chi connectivity index (χ0v) is 20.8. The quantitative estimate of drug-likeness (QED) is 0.475. The average molecular weight is 495 g/mol. The first kappa shape index (κ1) is 25.6. The van der Waals surface area contributed by atoms with Crippen LogP contribution in [0.5, 0.6) is 0 Å². The van der Waals surface area contributed by atoms with Gasteiger partial charge in [-0.3, -0.25) is 14.6 Å². The van der Waals surface area contributed by atoms with E-state index >= 15 is 0 Å². The third kappa shape index (κ3) is 6.58. The van der Waals surface area contributed by atoms with E-state index < -0.39 is 6.09 Å². The van der Waals surface area contributed by atoms with Gasteiger partial charge >= 0.3 is 6.09 Å². The Bertz CT molecular complexity index is 1040. The molecular weight excluding hydrogens is 460 g/mol. The van der Waals surface area contributed by atoms with E-state index in [1.165, 1.54) is 17.2 Å². The summed E-state index contributed by atoms with van der Waals surface area (Å²) in [5.74, 6) is 1.01. The molecule has 2 saturated heterocycles. The summed E-state index contributed by atoms with van der Waals surface area (Å²) in [6.07, 6.45) is 4.13. The van der Waals surface area contributed by atoms with E-state index in [0.29, 0.717) is 37.9 Å². The Morgan fingerprint density at radius 3 is 2.67 bits per heavy atom. The van der Waals surface area contributed by atoms with Crippen LogP contribution < -0.4 is 10.2 Å². The average Bonchev–Trinajstić information content (AvgIpc) is 3.28. The Balaban J connectivity index is 1.24. The smallest absolute Gasteiger partial charge is 0.415 e. The number of amides is 2. The number of aromatic nitrogens is 2. The van der Waals surface area contributed by atoms with E-state index in [9.17, 15) is 9.59 Å². The van der Waals surface area contributed by atoms with E-state index in [4.69, 9.17) is 9.47 Å². The lowest BCUT2D eigenvalue weighted by atomic mass is 10.1. The van der Waals surface area contributed by atoms with Gasteiger partial charge in [-0.05, 0) is 36.1 Å². The molecule has 0 aliphatic carbocycles. The minimum atomic E-state index is -0.395. The molecule has 0 bridgehead atoms. The number of hydrogen-bond acceptors (Lipinski definition) is 8. The monoisotopic (exact) mass is 494 g/mol. The lowest BCUT2D eigenvalue weighted by Crippen LogP contribution is -2.47. The topological polar surface area (TPSA) is 100 Å². The van der Waals surface area contributed by atoms with Gasteiger partial charge in [-0.1, -0.05) is 30.8 Å². The molecule has 2 aromatic rings. The van der Waals surface area contributed by atoms with Crippen molar-refractivity contribution < 1.29 is 19.1 Å². The van der Waals surface area contributed by atoms with E-state index in [2.05, 4.69) is 51.0 Å². The summed E-state index contributed by atoms with van der Waals surface area (Å²) in [6.45, 7) is 9.19. The fourth-order valence-corrected chi connectivity index (χ4v) is 4.42. The maximum Gasteiger partial charge on any atom is 0.415 e. The first-order valence-electron chi connectivity index (χ1n) is 12.3. The number of anilines is 2. The Kier molecular flexibility index (Phi) is 8.85. The van der Waals surface area contributed by atoms with Crippen LogP contribution >= 0.6 is 0 Å². The first-order valence-corrected chi connectivity index (χ1v) is 12.3. The molecule has 0 spiro atoms. The van der Waals surface area contributed by atoms with Crippen LogP contribution in [0.4, 0.5) is 16.6 Å². The number of ether oxygens (including phenoxy) is 2. The number of carbonyl (C=O) groups is 2. The SMILES string of the molecule is C=CC(=O)N1CCN(Cc2ccc(CCNc3nccc(N4C(=O)OC[C@H]4CCOC)n3)cc2)CC1. The molecule has 2 aliphatic heterocycles. The molecule has 2 aliphatic rings. The summed E-state index contributed by atoms with van der Waals surface area (Å²) < 4.78 is 10.4. The predicted octanol–water partition coefficient (Wildman–Crippen LogP) is 2.32. The highest BCUT2D eigenvalue weighted by molar-refractivity contribution is 5.89. The molecule has 10 nitrogen and oxygen atoms in total. The summed E-state index contributed by atoms with van der Waals surface area (Å²) in [4.78, 5) is 38.6. The minimum Gasteiger partial charge on any atom is -0.447 e. The number of nitrogens with one attached hydrogen (secondary N) is 1. The van der Waals surface area contributed by atoms with Gasteiger partial charge < -0.3 is 19.7 Å². The summed E-state index contributed by atoms with van der Waals surface area (Å²) in [5, 5.41) is 3.26. The van der Waals surface area contributed by atoms with E-state index in [-0.39, 0.29) is 11.9 Å². The first-order chi connectivity index (χ1) is 17.6. The van der Waals surface area contributed by atoms with E-state index in [0.717, 1.165) is 39.1 Å². The third-order valence-electron chi connectivity index (χ3n) is 6.49. The minimum absolute atomic E-state index is 0.00885. The highest BCUT2D eigenvalue weighted by atomic mass is 16.6. The maximum absolute atomic E-state index is 12.2. The molecule has 4 rings (SSSR count). The summed E-state index contributed by atoms with van der Waals surface area (Å²) >= 11 is 0. The van der Waals surface area contributed by atoms with Gasteiger partial charge in [-0.15, -0.1) is 0 Å². The van der Waals surface area contributed by atoms with Crippen LogP contribution in [-0.2, 0) is 27.2 Å². The standard InChI is InChI=1S/C26H34N6O4/c1-3-24(33)31-15-13-30(14-16-31)18-21-6-4-20(5-7-21)8-11-27-25-28-12-9-23(29-25)32-22(10-17-35-2)19-36-26(32)34/h3-7,9,12,22H,1,8,10-11,13-19H2,2H3,(H,27,28,29)/t22-/m1/s1. The van der Waals surface area contributed by atoms with Gasteiger partial charge in [-0.2, -0.15) is 4.98 Å². The highest BCUT2D eigenvalue weighted by Crippen LogP contribution is 2.23. The van der Waals surface area contributed by atoms with Gasteiger partial charge in [0, 0.05) is 59.2 Å². The molecule has 1 aromatic carbocycles. The van der Waals surface area contributed by atoms with Crippen molar-refractivity contribution in [1.82, 2.24) is 19.8 Å². The fraction of sp³-hybridized carbons (Fsp3) is 0.462. The molecule has 0 unspecified atom stereocenters. The molecule has 10 heteroatoms. The fourth-order valence-electron chi connectivity index (χ4n) is 4.42. The Labute approximate surface area is 211 Å². The molecule has 3 heterocycles. The second-order valence-corrected chi connectivity index (χ2v) is 8.92. The van der Waals surface area contributed by atoms with Crippen molar-refractivity contribution in [1.29, 1.82) is 0 Å². The molecule has 2 fully saturated rings. The van der Waals surface area contributed by atoms with Crippen molar-refractivity contribution in [3.8, 4) is 0 Å². The molecule has 0 radical (unpaired) electrons. The molecule has 0 saturated carbocycles. The van der Waals surface area contributed by atoms with Crippen molar-refractivity contribution in [2.75, 3.05) is 63.3 Å². The predicted molar refractivity (Wildman–Crippen MR) is 137 cm³/mol. The number of hydrogen-bond donors (Lipinski definition) is 1. The second-order valence-electron chi connectivity index (χ2n) is 8.92. The van der Waals surface area contributed by atoms with Gasteiger partial charge in [0.15, 0.2) is 0 Å². The number of carbonyl (C=O) groups excluding carboxylic acids is 2. The number of nitrogens with zero attached hydrogens (tertiary/aromatic N) is 5. The summed E-state index contributed by atoms with van der Waals surface area (Å²) in [7, 11) is 1.64. The Hall–Kier alpha value is -3.50. The van der Waals surface area contributed by atoms with Crippen molar-refractivity contribution in [2.24, 2.45) is 0 Å². The molecule has 36 heavy (non-hydrogen) atoms. The van der Waals surface area contributed by atoms with Crippen LogP contribution in [0.3, 0.4) is 0 Å². The van der Waals surface area contributed by atoms with E-state index in [1.54, 1.807) is 24.3 Å². The van der Waals surface area contributed by atoms with Crippen LogP contribution in [0, 0.1) is 0 Å². The molecule has 1 N–H and O–H groups in total. The van der Waals surface area contributed by atoms with Crippen molar-refractivity contribution in [3.63, 3.8) is 0 Å². The molecule has 1 aromatic heterocycles. The number of benzene rings is 1. The lowest BCUT2D eigenvalue weighted by Gasteiger charge is -2.34.